The molecule has 0 spiro atoms. The Bertz CT molecular complexity index is 495. The Morgan fingerprint density at radius 1 is 1.35 bits per heavy atom. The van der Waals surface area contributed by atoms with Gasteiger partial charge < -0.3 is 9.84 Å². The van der Waals surface area contributed by atoms with Gasteiger partial charge in [0.15, 0.2) is 0 Å². The minimum Gasteiger partial charge on any atom is -0.487 e. The zero-order chi connectivity index (χ0) is 15.1. The Kier molecular flexibility index (Phi) is 4.00. The topological polar surface area (TPSA) is 29.5 Å². The maximum Gasteiger partial charge on any atom is 0.272 e. The zero-order valence-corrected chi connectivity index (χ0v) is 11.8. The molecule has 2 atom stereocenters. The first kappa shape index (κ1) is 15.2. The van der Waals surface area contributed by atoms with Crippen molar-refractivity contribution in [2.45, 2.75) is 51.3 Å². The van der Waals surface area contributed by atoms with Crippen molar-refractivity contribution in [2.75, 3.05) is 6.61 Å². The van der Waals surface area contributed by atoms with Gasteiger partial charge in [0.25, 0.3) is 6.43 Å². The first-order valence-corrected chi connectivity index (χ1v) is 6.61. The van der Waals surface area contributed by atoms with Gasteiger partial charge in [0.05, 0.1) is 0 Å². The zero-order valence-electron chi connectivity index (χ0n) is 11.8. The molecule has 1 aromatic carbocycles. The van der Waals surface area contributed by atoms with E-state index in [1.54, 1.807) is 12.1 Å². The van der Waals surface area contributed by atoms with Crippen LogP contribution in [0.4, 0.5) is 13.2 Å². The quantitative estimate of drug-likeness (QED) is 0.921. The van der Waals surface area contributed by atoms with Gasteiger partial charge in [-0.25, -0.2) is 13.2 Å². The largest absolute Gasteiger partial charge is 0.487 e. The van der Waals surface area contributed by atoms with Gasteiger partial charge in [0.2, 0.25) is 0 Å². The van der Waals surface area contributed by atoms with Crippen LogP contribution in [0.1, 0.15) is 43.6 Å². The Morgan fingerprint density at radius 2 is 2.00 bits per heavy atom. The summed E-state index contributed by atoms with van der Waals surface area (Å²) in [7, 11) is 0. The molecule has 0 radical (unpaired) electrons. The summed E-state index contributed by atoms with van der Waals surface area (Å²) in [5, 5.41) is 10.0. The fraction of sp³-hybridized carbons (Fsp3) is 0.600. The number of aliphatic hydroxyl groups excluding tert-OH is 1. The molecular weight excluding hydrogens is 269 g/mol. The van der Waals surface area contributed by atoms with E-state index in [1.165, 1.54) is 0 Å². The second-order valence-corrected chi connectivity index (χ2v) is 6.12. The molecule has 0 aromatic heterocycles. The van der Waals surface area contributed by atoms with E-state index in [9.17, 15) is 18.3 Å². The summed E-state index contributed by atoms with van der Waals surface area (Å²) >= 11 is 0. The lowest BCUT2D eigenvalue weighted by Gasteiger charge is -2.25. The third kappa shape index (κ3) is 2.77. The van der Waals surface area contributed by atoms with E-state index in [1.807, 2.05) is 20.8 Å². The predicted molar refractivity (Wildman–Crippen MR) is 70.2 cm³/mol. The van der Waals surface area contributed by atoms with Crippen LogP contribution in [0.5, 0.6) is 5.75 Å². The molecule has 5 heteroatoms. The van der Waals surface area contributed by atoms with Gasteiger partial charge in [-0.15, -0.1) is 0 Å². The molecule has 20 heavy (non-hydrogen) atoms. The molecule has 2 unspecified atom stereocenters. The highest BCUT2D eigenvalue weighted by atomic mass is 19.3. The third-order valence-corrected chi connectivity index (χ3v) is 3.52. The molecule has 1 aliphatic carbocycles. The highest BCUT2D eigenvalue weighted by Crippen LogP contribution is 2.44. The van der Waals surface area contributed by atoms with Gasteiger partial charge >= 0.3 is 0 Å². The van der Waals surface area contributed by atoms with Gasteiger partial charge in [0.1, 0.15) is 24.6 Å². The summed E-state index contributed by atoms with van der Waals surface area (Å²) in [4.78, 5) is 0. The van der Waals surface area contributed by atoms with Gasteiger partial charge in [-0.1, -0.05) is 26.8 Å². The Hall–Kier alpha value is -1.23. The van der Waals surface area contributed by atoms with Crippen LogP contribution >= 0.6 is 0 Å². The fourth-order valence-corrected chi connectivity index (χ4v) is 2.62. The minimum absolute atomic E-state index is 0.00100. The van der Waals surface area contributed by atoms with Crippen LogP contribution < -0.4 is 4.74 Å². The summed E-state index contributed by atoms with van der Waals surface area (Å²) in [6.45, 7) is 5.15. The molecule has 0 bridgehead atoms. The lowest BCUT2D eigenvalue weighted by atomic mass is 9.82. The molecule has 2 nitrogen and oxygen atoms in total. The molecule has 0 heterocycles. The van der Waals surface area contributed by atoms with Crippen molar-refractivity contribution in [3.05, 3.63) is 28.8 Å². The summed E-state index contributed by atoms with van der Waals surface area (Å²) in [5.74, 6) is 0.243. The summed E-state index contributed by atoms with van der Waals surface area (Å²) in [5.41, 5.74) is 1.57. The Labute approximate surface area is 116 Å². The van der Waals surface area contributed by atoms with E-state index in [0.29, 0.717) is 11.1 Å². The summed E-state index contributed by atoms with van der Waals surface area (Å²) < 4.78 is 43.3. The van der Waals surface area contributed by atoms with E-state index < -0.39 is 25.3 Å². The van der Waals surface area contributed by atoms with E-state index in [4.69, 9.17) is 4.74 Å². The Balaban J connectivity index is 2.46. The highest BCUT2D eigenvalue weighted by molar-refractivity contribution is 5.52. The molecule has 1 aromatic rings. The van der Waals surface area contributed by atoms with E-state index in [2.05, 4.69) is 0 Å². The van der Waals surface area contributed by atoms with Crippen molar-refractivity contribution in [3.63, 3.8) is 0 Å². The molecule has 0 fully saturated rings. The van der Waals surface area contributed by atoms with Crippen LogP contribution in [0, 0.1) is 0 Å². The second-order valence-electron chi connectivity index (χ2n) is 6.12. The molecule has 0 saturated heterocycles. The normalized spacial score (nSPS) is 22.2. The third-order valence-electron chi connectivity index (χ3n) is 3.52. The first-order valence-electron chi connectivity index (χ1n) is 6.61. The molecular formula is C15H19F3O2. The van der Waals surface area contributed by atoms with Crippen LogP contribution in [0.3, 0.4) is 0 Å². The lowest BCUT2D eigenvalue weighted by Crippen LogP contribution is -2.17. The van der Waals surface area contributed by atoms with Crippen molar-refractivity contribution < 1.29 is 23.0 Å². The van der Waals surface area contributed by atoms with Crippen LogP contribution in [-0.2, 0) is 11.8 Å². The molecule has 1 N–H and O–H groups in total. The summed E-state index contributed by atoms with van der Waals surface area (Å²) in [6, 6.07) is 3.31. The summed E-state index contributed by atoms with van der Waals surface area (Å²) in [6.07, 6.45) is -5.21. The number of rotatable bonds is 3. The van der Waals surface area contributed by atoms with E-state index >= 15 is 0 Å². The highest BCUT2D eigenvalue weighted by Gasteiger charge is 2.37. The van der Waals surface area contributed by atoms with Crippen molar-refractivity contribution >= 4 is 0 Å². The Morgan fingerprint density at radius 3 is 2.55 bits per heavy atom. The van der Waals surface area contributed by atoms with Crippen molar-refractivity contribution in [2.24, 2.45) is 0 Å². The SMILES string of the molecule is CC(C)(C)c1ccc(OCC(F)F)c2c1C(O)C(F)C2. The number of aliphatic hydroxyl groups is 1. The van der Waals surface area contributed by atoms with Crippen LogP contribution in [0.2, 0.25) is 0 Å². The van der Waals surface area contributed by atoms with Gasteiger partial charge in [-0.3, -0.25) is 0 Å². The minimum atomic E-state index is -2.58. The monoisotopic (exact) mass is 288 g/mol. The molecule has 0 aliphatic heterocycles. The number of benzene rings is 1. The lowest BCUT2D eigenvalue weighted by molar-refractivity contribution is 0.0813. The number of hydrogen-bond donors (Lipinski definition) is 1. The molecule has 112 valence electrons. The molecule has 2 rings (SSSR count). The number of ether oxygens (including phenoxy) is 1. The average Bonchev–Trinajstić information content (AvgIpc) is 2.62. The fourth-order valence-electron chi connectivity index (χ4n) is 2.62. The van der Waals surface area contributed by atoms with Crippen molar-refractivity contribution in [3.8, 4) is 5.75 Å². The van der Waals surface area contributed by atoms with E-state index in [0.717, 1.165) is 5.56 Å². The van der Waals surface area contributed by atoms with Gasteiger partial charge in [-0.05, 0) is 22.6 Å². The van der Waals surface area contributed by atoms with Crippen molar-refractivity contribution in [1.29, 1.82) is 0 Å². The second kappa shape index (κ2) is 5.28. The smallest absolute Gasteiger partial charge is 0.272 e. The van der Waals surface area contributed by atoms with Crippen LogP contribution in [-0.4, -0.2) is 24.3 Å². The molecule has 1 aliphatic rings. The maximum absolute atomic E-state index is 13.8. The van der Waals surface area contributed by atoms with Gasteiger partial charge in [-0.2, -0.15) is 0 Å². The number of hydrogen-bond acceptors (Lipinski definition) is 2. The number of halogens is 3. The first-order chi connectivity index (χ1) is 9.21. The maximum atomic E-state index is 13.8. The molecule has 0 saturated carbocycles. The van der Waals surface area contributed by atoms with Crippen molar-refractivity contribution in [1.82, 2.24) is 0 Å². The van der Waals surface area contributed by atoms with Crippen LogP contribution in [0.15, 0.2) is 12.1 Å². The average molecular weight is 288 g/mol. The van der Waals surface area contributed by atoms with Gasteiger partial charge in [0, 0.05) is 12.0 Å². The predicted octanol–water partition coefficient (Wildman–Crippen LogP) is 3.56. The molecule has 0 amide bonds. The van der Waals surface area contributed by atoms with E-state index in [-0.39, 0.29) is 17.6 Å². The van der Waals surface area contributed by atoms with Crippen LogP contribution in [0.25, 0.3) is 0 Å². The number of alkyl halides is 3. The standard InChI is InChI=1S/C15H19F3O2/c1-15(2,3)9-4-5-11(20-7-12(17)18)8-6-10(16)14(19)13(8)9/h4-5,10,12,14,19H,6-7H2,1-3H3. The number of fused-ring (bicyclic) bond motifs is 1.